The fraction of sp³-hybridized carbons (Fsp3) is 0.273. The Morgan fingerprint density at radius 3 is 2.67 bits per heavy atom. The number of rotatable bonds is 2. The first kappa shape index (κ1) is 13.8. The summed E-state index contributed by atoms with van der Waals surface area (Å²) in [5.74, 6) is 3.71. The molecule has 0 radical (unpaired) electrons. The van der Waals surface area contributed by atoms with Crippen LogP contribution in [0.4, 0.5) is 18.9 Å². The van der Waals surface area contributed by atoms with Gasteiger partial charge in [0.15, 0.2) is 0 Å². The van der Waals surface area contributed by atoms with Crippen molar-refractivity contribution in [3.63, 3.8) is 0 Å². The van der Waals surface area contributed by atoms with Crippen molar-refractivity contribution in [2.75, 3.05) is 5.73 Å². The van der Waals surface area contributed by atoms with Crippen LogP contribution in [0.2, 0.25) is 0 Å². The fourth-order valence-electron chi connectivity index (χ4n) is 1.04. The number of carboxylic acid groups (broad SMARTS) is 1. The summed E-state index contributed by atoms with van der Waals surface area (Å²) in [6.45, 7) is 0. The van der Waals surface area contributed by atoms with E-state index in [-0.39, 0.29) is 24.2 Å². The van der Waals surface area contributed by atoms with Gasteiger partial charge in [-0.1, -0.05) is 5.92 Å². The van der Waals surface area contributed by atoms with Crippen molar-refractivity contribution in [3.05, 3.63) is 23.5 Å². The molecule has 3 N–H and O–H groups in total. The maximum absolute atomic E-state index is 12.4. The van der Waals surface area contributed by atoms with Crippen LogP contribution in [0, 0.1) is 11.8 Å². The van der Waals surface area contributed by atoms with Crippen molar-refractivity contribution in [1.82, 2.24) is 4.98 Å². The second-order valence-corrected chi connectivity index (χ2v) is 3.33. The Labute approximate surface area is 101 Å². The van der Waals surface area contributed by atoms with E-state index in [9.17, 15) is 18.0 Å². The lowest BCUT2D eigenvalue weighted by Gasteiger charge is -2.06. The van der Waals surface area contributed by atoms with Crippen LogP contribution in [0.3, 0.4) is 0 Å². The number of pyridine rings is 1. The average molecular weight is 258 g/mol. The molecule has 0 spiro atoms. The molecule has 0 unspecified atom stereocenters. The highest BCUT2D eigenvalue weighted by Gasteiger charge is 2.32. The Hall–Kier alpha value is -2.23. The molecule has 4 nitrogen and oxygen atoms in total. The van der Waals surface area contributed by atoms with Gasteiger partial charge in [0, 0.05) is 6.42 Å². The molecule has 1 heterocycles. The van der Waals surface area contributed by atoms with E-state index in [0.717, 1.165) is 12.1 Å². The highest BCUT2D eigenvalue weighted by molar-refractivity contribution is 5.67. The van der Waals surface area contributed by atoms with E-state index in [1.807, 2.05) is 0 Å². The summed E-state index contributed by atoms with van der Waals surface area (Å²) < 4.78 is 37.1. The van der Waals surface area contributed by atoms with E-state index in [1.165, 1.54) is 0 Å². The van der Waals surface area contributed by atoms with Crippen molar-refractivity contribution >= 4 is 11.7 Å². The first-order valence-corrected chi connectivity index (χ1v) is 4.85. The summed E-state index contributed by atoms with van der Waals surface area (Å²) in [5.41, 5.74) is 4.16. The lowest BCUT2D eigenvalue weighted by molar-refractivity contribution is -0.141. The summed E-state index contributed by atoms with van der Waals surface area (Å²) in [6.07, 6.45) is -4.73. The SMILES string of the molecule is Nc1ccc(C(F)(F)F)nc1C#CCCC(=O)O. The Morgan fingerprint density at radius 1 is 1.44 bits per heavy atom. The van der Waals surface area contributed by atoms with E-state index in [4.69, 9.17) is 10.8 Å². The third-order valence-corrected chi connectivity index (χ3v) is 1.89. The van der Waals surface area contributed by atoms with Gasteiger partial charge in [-0.3, -0.25) is 4.79 Å². The lowest BCUT2D eigenvalue weighted by Crippen LogP contribution is -2.09. The summed E-state index contributed by atoms with van der Waals surface area (Å²) in [5, 5.41) is 8.36. The highest BCUT2D eigenvalue weighted by atomic mass is 19.4. The highest BCUT2D eigenvalue weighted by Crippen LogP contribution is 2.28. The Bertz CT molecular complexity index is 515. The summed E-state index contributed by atoms with van der Waals surface area (Å²) in [7, 11) is 0. The molecule has 0 aliphatic rings. The van der Waals surface area contributed by atoms with Crippen LogP contribution in [-0.2, 0) is 11.0 Å². The molecule has 18 heavy (non-hydrogen) atoms. The first-order chi connectivity index (χ1) is 8.30. The number of aliphatic carboxylic acids is 1. The third kappa shape index (κ3) is 3.97. The lowest BCUT2D eigenvalue weighted by atomic mass is 10.2. The monoisotopic (exact) mass is 258 g/mol. The summed E-state index contributed by atoms with van der Waals surface area (Å²) in [4.78, 5) is 13.5. The molecule has 1 rings (SSSR count). The summed E-state index contributed by atoms with van der Waals surface area (Å²) >= 11 is 0. The predicted octanol–water partition coefficient (Wildman–Crippen LogP) is 1.90. The van der Waals surface area contributed by atoms with Crippen LogP contribution in [0.15, 0.2) is 12.1 Å². The number of nitrogens with zero attached hydrogens (tertiary/aromatic N) is 1. The van der Waals surface area contributed by atoms with Crippen LogP contribution in [-0.4, -0.2) is 16.1 Å². The minimum Gasteiger partial charge on any atom is -0.481 e. The van der Waals surface area contributed by atoms with E-state index in [2.05, 4.69) is 16.8 Å². The van der Waals surface area contributed by atoms with Crippen LogP contribution < -0.4 is 5.73 Å². The van der Waals surface area contributed by atoms with Crippen LogP contribution in [0.25, 0.3) is 0 Å². The van der Waals surface area contributed by atoms with Gasteiger partial charge >= 0.3 is 12.1 Å². The number of alkyl halides is 3. The van der Waals surface area contributed by atoms with Crippen LogP contribution >= 0.6 is 0 Å². The van der Waals surface area contributed by atoms with Gasteiger partial charge in [0.05, 0.1) is 12.1 Å². The molecule has 0 bridgehead atoms. The minimum absolute atomic E-state index is 0.0193. The number of halogens is 3. The van der Waals surface area contributed by atoms with Gasteiger partial charge in [0.2, 0.25) is 0 Å². The quantitative estimate of drug-likeness (QED) is 0.794. The molecular weight excluding hydrogens is 249 g/mol. The summed E-state index contributed by atoms with van der Waals surface area (Å²) in [6, 6.07) is 1.83. The maximum atomic E-state index is 12.4. The molecule has 7 heteroatoms. The number of anilines is 1. The zero-order valence-electron chi connectivity index (χ0n) is 9.08. The van der Waals surface area contributed by atoms with E-state index < -0.39 is 17.8 Å². The first-order valence-electron chi connectivity index (χ1n) is 4.85. The van der Waals surface area contributed by atoms with Crippen LogP contribution in [0.5, 0.6) is 0 Å². The molecule has 0 amide bonds. The molecule has 96 valence electrons. The Balaban J connectivity index is 2.91. The van der Waals surface area contributed by atoms with Crippen LogP contribution in [0.1, 0.15) is 24.2 Å². The van der Waals surface area contributed by atoms with Crippen molar-refractivity contribution in [1.29, 1.82) is 0 Å². The average Bonchev–Trinajstić information content (AvgIpc) is 2.24. The smallest absolute Gasteiger partial charge is 0.433 e. The number of hydrogen-bond acceptors (Lipinski definition) is 3. The van der Waals surface area contributed by atoms with Crippen molar-refractivity contribution in [3.8, 4) is 11.8 Å². The Morgan fingerprint density at radius 2 is 2.11 bits per heavy atom. The second-order valence-electron chi connectivity index (χ2n) is 3.33. The normalized spacial score (nSPS) is 10.6. The Kier molecular flexibility index (Phi) is 4.15. The number of aromatic nitrogens is 1. The number of nitrogen functional groups attached to an aromatic ring is 1. The minimum atomic E-state index is -4.56. The van der Waals surface area contributed by atoms with Crippen molar-refractivity contribution in [2.24, 2.45) is 0 Å². The van der Waals surface area contributed by atoms with Gasteiger partial charge < -0.3 is 10.8 Å². The zero-order chi connectivity index (χ0) is 13.8. The van der Waals surface area contributed by atoms with Gasteiger partial charge in [-0.2, -0.15) is 13.2 Å². The fourth-order valence-corrected chi connectivity index (χ4v) is 1.04. The maximum Gasteiger partial charge on any atom is 0.433 e. The van der Waals surface area contributed by atoms with E-state index in [0.29, 0.717) is 0 Å². The number of nitrogens with two attached hydrogens (primary N) is 1. The zero-order valence-corrected chi connectivity index (χ0v) is 9.08. The van der Waals surface area contributed by atoms with E-state index in [1.54, 1.807) is 0 Å². The van der Waals surface area contributed by atoms with Gasteiger partial charge in [-0.25, -0.2) is 4.98 Å². The number of hydrogen-bond donors (Lipinski definition) is 2. The number of carboxylic acids is 1. The van der Waals surface area contributed by atoms with Crippen molar-refractivity contribution < 1.29 is 23.1 Å². The molecule has 0 saturated carbocycles. The largest absolute Gasteiger partial charge is 0.481 e. The standard InChI is InChI=1S/C11H9F3N2O2/c12-11(13,14)9-6-5-7(15)8(16-9)3-1-2-4-10(17)18/h5-6H,2,4,15H2,(H,17,18). The van der Waals surface area contributed by atoms with Gasteiger partial charge in [0.25, 0.3) is 0 Å². The predicted molar refractivity (Wildman–Crippen MR) is 57.4 cm³/mol. The molecule has 1 aromatic heterocycles. The van der Waals surface area contributed by atoms with E-state index >= 15 is 0 Å². The third-order valence-electron chi connectivity index (χ3n) is 1.89. The number of carbonyl (C=O) groups is 1. The van der Waals surface area contributed by atoms with Gasteiger partial charge in [-0.05, 0) is 18.1 Å². The molecule has 1 aromatic rings. The molecule has 0 fully saturated rings. The molecule has 0 aliphatic heterocycles. The molecule has 0 aliphatic carbocycles. The van der Waals surface area contributed by atoms with Gasteiger partial charge in [-0.15, -0.1) is 0 Å². The molecular formula is C11H9F3N2O2. The van der Waals surface area contributed by atoms with Gasteiger partial charge in [0.1, 0.15) is 11.4 Å². The topological polar surface area (TPSA) is 76.2 Å². The molecule has 0 saturated heterocycles. The molecule has 0 atom stereocenters. The second kappa shape index (κ2) is 5.40. The van der Waals surface area contributed by atoms with Crippen molar-refractivity contribution in [2.45, 2.75) is 19.0 Å². The molecule has 0 aromatic carbocycles.